The van der Waals surface area contributed by atoms with Crippen LogP contribution in [0, 0.1) is 11.3 Å². The fourth-order valence-electron chi connectivity index (χ4n) is 1.95. The van der Waals surface area contributed by atoms with Crippen molar-refractivity contribution in [3.63, 3.8) is 0 Å². The molecule has 7 heteroatoms. The van der Waals surface area contributed by atoms with Gasteiger partial charge in [-0.15, -0.1) is 0 Å². The van der Waals surface area contributed by atoms with Gasteiger partial charge in [-0.2, -0.15) is 18.4 Å². The van der Waals surface area contributed by atoms with Crippen LogP contribution in [0.1, 0.15) is 30.4 Å². The molecule has 2 rings (SSSR count). The Hall–Kier alpha value is -2.07. The van der Waals surface area contributed by atoms with Crippen molar-refractivity contribution in [3.8, 4) is 6.07 Å². The summed E-state index contributed by atoms with van der Waals surface area (Å²) in [5, 5.41) is 11.3. The third-order valence-corrected chi connectivity index (χ3v) is 3.41. The van der Waals surface area contributed by atoms with E-state index in [0.717, 1.165) is 18.6 Å². The van der Waals surface area contributed by atoms with E-state index in [9.17, 15) is 18.0 Å². The maximum Gasteiger partial charge on any atom is 0.416 e. The van der Waals surface area contributed by atoms with E-state index in [-0.39, 0.29) is 11.3 Å². The number of alkyl halides is 3. The van der Waals surface area contributed by atoms with Gasteiger partial charge in [0.25, 0.3) is 0 Å². The van der Waals surface area contributed by atoms with Crippen molar-refractivity contribution < 1.29 is 18.0 Å². The van der Waals surface area contributed by atoms with Crippen LogP contribution in [-0.2, 0) is 11.0 Å². The summed E-state index contributed by atoms with van der Waals surface area (Å²) < 4.78 is 37.6. The molecule has 0 radical (unpaired) electrons. The minimum atomic E-state index is -4.53. The third kappa shape index (κ3) is 2.60. The monoisotopic (exact) mass is 283 g/mol. The Labute approximate surface area is 113 Å². The number of hydrogen-bond donors (Lipinski definition) is 2. The van der Waals surface area contributed by atoms with Crippen LogP contribution in [0.25, 0.3) is 0 Å². The molecule has 1 fully saturated rings. The summed E-state index contributed by atoms with van der Waals surface area (Å²) in [6.07, 6.45) is -2.64. The minimum Gasteiger partial charge on any atom is -0.323 e. The largest absolute Gasteiger partial charge is 0.416 e. The highest BCUT2D eigenvalue weighted by Gasteiger charge is 2.40. The van der Waals surface area contributed by atoms with Gasteiger partial charge in [0.2, 0.25) is 5.91 Å². The zero-order valence-corrected chi connectivity index (χ0v) is 10.4. The lowest BCUT2D eigenvalue weighted by Gasteiger charge is -2.36. The van der Waals surface area contributed by atoms with Gasteiger partial charge in [-0.1, -0.05) is 0 Å². The number of halogens is 3. The average molecular weight is 283 g/mol. The molecule has 106 valence electrons. The summed E-state index contributed by atoms with van der Waals surface area (Å²) in [7, 11) is 0. The number of nitriles is 1. The molecular weight excluding hydrogens is 271 g/mol. The number of nitrogens with one attached hydrogen (secondary N) is 1. The number of carbonyl (C=O) groups is 1. The van der Waals surface area contributed by atoms with Crippen LogP contribution in [0.3, 0.4) is 0 Å². The number of amides is 1. The summed E-state index contributed by atoms with van der Waals surface area (Å²) in [5.74, 6) is -0.472. The van der Waals surface area contributed by atoms with E-state index in [1.54, 1.807) is 6.07 Å². The predicted molar refractivity (Wildman–Crippen MR) is 65.6 cm³/mol. The van der Waals surface area contributed by atoms with Gasteiger partial charge in [0.05, 0.1) is 22.4 Å². The zero-order chi connectivity index (χ0) is 15.0. The van der Waals surface area contributed by atoms with Gasteiger partial charge >= 0.3 is 6.18 Å². The first-order chi connectivity index (χ1) is 9.26. The molecule has 0 saturated heterocycles. The summed E-state index contributed by atoms with van der Waals surface area (Å²) in [6, 6.07) is 4.24. The van der Waals surface area contributed by atoms with Gasteiger partial charge in [-0.25, -0.2) is 0 Å². The van der Waals surface area contributed by atoms with E-state index in [0.29, 0.717) is 18.9 Å². The van der Waals surface area contributed by atoms with Crippen LogP contribution in [0.15, 0.2) is 18.2 Å². The van der Waals surface area contributed by atoms with Gasteiger partial charge in [0.15, 0.2) is 0 Å². The van der Waals surface area contributed by atoms with Crippen molar-refractivity contribution in [2.24, 2.45) is 5.73 Å². The molecule has 0 spiro atoms. The second-order valence-corrected chi connectivity index (χ2v) is 4.83. The van der Waals surface area contributed by atoms with Crippen LogP contribution < -0.4 is 11.1 Å². The second kappa shape index (κ2) is 4.80. The Kier molecular flexibility index (Phi) is 3.44. The summed E-state index contributed by atoms with van der Waals surface area (Å²) in [6.45, 7) is 0. The lowest BCUT2D eigenvalue weighted by atomic mass is 9.77. The van der Waals surface area contributed by atoms with E-state index in [1.807, 2.05) is 0 Å². The zero-order valence-electron chi connectivity index (χ0n) is 10.4. The molecule has 0 aromatic heterocycles. The number of rotatable bonds is 2. The fourth-order valence-corrected chi connectivity index (χ4v) is 1.95. The number of nitrogens with two attached hydrogens (primary N) is 1. The van der Waals surface area contributed by atoms with E-state index in [1.165, 1.54) is 0 Å². The molecule has 4 nitrogen and oxygen atoms in total. The van der Waals surface area contributed by atoms with E-state index in [2.05, 4.69) is 5.32 Å². The maximum atomic E-state index is 12.5. The highest BCUT2D eigenvalue weighted by atomic mass is 19.4. The lowest BCUT2D eigenvalue weighted by Crippen LogP contribution is -2.56. The topological polar surface area (TPSA) is 78.9 Å². The van der Waals surface area contributed by atoms with Gasteiger partial charge in [-0.3, -0.25) is 4.79 Å². The number of hydrogen-bond acceptors (Lipinski definition) is 3. The highest BCUT2D eigenvalue weighted by Crippen LogP contribution is 2.33. The van der Waals surface area contributed by atoms with Gasteiger partial charge in [0, 0.05) is 0 Å². The Bertz CT molecular complexity index is 586. The molecule has 20 heavy (non-hydrogen) atoms. The molecule has 0 unspecified atom stereocenters. The normalized spacial score (nSPS) is 16.9. The van der Waals surface area contributed by atoms with Crippen LogP contribution in [0.4, 0.5) is 18.9 Å². The standard InChI is InChI=1S/C13H12F3N3O/c14-13(15,16)9-2-3-10(8(6-9)7-17)19-11(20)12(18)4-1-5-12/h2-3,6H,1,4-5,18H2,(H,19,20). The number of nitrogens with zero attached hydrogens (tertiary/aromatic N) is 1. The Morgan fingerprint density at radius 3 is 2.50 bits per heavy atom. The van der Waals surface area contributed by atoms with Crippen molar-refractivity contribution in [1.29, 1.82) is 5.26 Å². The van der Waals surface area contributed by atoms with E-state index in [4.69, 9.17) is 11.0 Å². The predicted octanol–water partition coefficient (Wildman–Crippen LogP) is 2.40. The lowest BCUT2D eigenvalue weighted by molar-refractivity contribution is -0.137. The van der Waals surface area contributed by atoms with Crippen molar-refractivity contribution in [2.45, 2.75) is 31.0 Å². The second-order valence-electron chi connectivity index (χ2n) is 4.83. The van der Waals surface area contributed by atoms with E-state index >= 15 is 0 Å². The molecule has 1 amide bonds. The molecule has 0 atom stereocenters. The molecule has 0 bridgehead atoms. The Balaban J connectivity index is 2.25. The van der Waals surface area contributed by atoms with Crippen molar-refractivity contribution in [2.75, 3.05) is 5.32 Å². The molecule has 1 aromatic rings. The molecule has 1 aliphatic carbocycles. The average Bonchev–Trinajstić information content (AvgIpc) is 2.34. The summed E-state index contributed by atoms with van der Waals surface area (Å²) in [5.41, 5.74) is 3.70. The van der Waals surface area contributed by atoms with E-state index < -0.39 is 23.2 Å². The van der Waals surface area contributed by atoms with Crippen LogP contribution in [0.2, 0.25) is 0 Å². The molecule has 1 saturated carbocycles. The quantitative estimate of drug-likeness (QED) is 0.874. The first kappa shape index (κ1) is 14.3. The molecule has 1 aliphatic rings. The number of carbonyl (C=O) groups excluding carboxylic acids is 1. The van der Waals surface area contributed by atoms with Crippen molar-refractivity contribution in [3.05, 3.63) is 29.3 Å². The first-order valence-electron chi connectivity index (χ1n) is 5.98. The summed E-state index contributed by atoms with van der Waals surface area (Å²) >= 11 is 0. The van der Waals surface area contributed by atoms with Crippen LogP contribution >= 0.6 is 0 Å². The van der Waals surface area contributed by atoms with Crippen LogP contribution in [-0.4, -0.2) is 11.4 Å². The number of benzene rings is 1. The van der Waals surface area contributed by atoms with Gasteiger partial charge in [0.1, 0.15) is 6.07 Å². The smallest absolute Gasteiger partial charge is 0.323 e. The molecule has 0 aliphatic heterocycles. The molecule has 0 heterocycles. The van der Waals surface area contributed by atoms with Crippen molar-refractivity contribution >= 4 is 11.6 Å². The Morgan fingerprint density at radius 1 is 1.40 bits per heavy atom. The number of anilines is 1. The van der Waals surface area contributed by atoms with Crippen molar-refractivity contribution in [1.82, 2.24) is 0 Å². The maximum absolute atomic E-state index is 12.5. The third-order valence-electron chi connectivity index (χ3n) is 3.41. The Morgan fingerprint density at radius 2 is 2.05 bits per heavy atom. The highest BCUT2D eigenvalue weighted by molar-refractivity contribution is 5.99. The fraction of sp³-hybridized carbons (Fsp3) is 0.385. The first-order valence-corrected chi connectivity index (χ1v) is 5.98. The molecule has 1 aromatic carbocycles. The minimum absolute atomic E-state index is 0.0437. The molecule has 3 N–H and O–H groups in total. The van der Waals surface area contributed by atoms with Gasteiger partial charge < -0.3 is 11.1 Å². The van der Waals surface area contributed by atoms with Gasteiger partial charge in [-0.05, 0) is 37.5 Å². The summed E-state index contributed by atoms with van der Waals surface area (Å²) in [4.78, 5) is 11.9. The molecular formula is C13H12F3N3O. The SMILES string of the molecule is N#Cc1cc(C(F)(F)F)ccc1NC(=O)C1(N)CCC1. The van der Waals surface area contributed by atoms with Crippen LogP contribution in [0.5, 0.6) is 0 Å².